The molecule has 3 nitrogen and oxygen atoms in total. The van der Waals surface area contributed by atoms with Crippen LogP contribution in [-0.4, -0.2) is 32.6 Å². The minimum absolute atomic E-state index is 0.0316. The van der Waals surface area contributed by atoms with E-state index in [4.69, 9.17) is 9.47 Å². The Balaban J connectivity index is 1.87. The predicted octanol–water partition coefficient (Wildman–Crippen LogP) is 4.25. The van der Waals surface area contributed by atoms with E-state index in [9.17, 15) is 13.2 Å². The highest BCUT2D eigenvalue weighted by atomic mass is 79.9. The van der Waals surface area contributed by atoms with E-state index in [0.29, 0.717) is 31.1 Å². The summed E-state index contributed by atoms with van der Waals surface area (Å²) in [5.41, 5.74) is 0.926. The average Bonchev–Trinajstić information content (AvgIpc) is 2.66. The van der Waals surface area contributed by atoms with Crippen molar-refractivity contribution in [1.82, 2.24) is 0 Å². The first-order valence-electron chi connectivity index (χ1n) is 6.64. The minimum atomic E-state index is -4.28. The summed E-state index contributed by atoms with van der Waals surface area (Å²) in [6.45, 7) is 0.0329. The molecule has 0 aliphatic carbocycles. The molecule has 1 unspecified atom stereocenters. The van der Waals surface area contributed by atoms with E-state index in [1.54, 1.807) is 0 Å². The summed E-state index contributed by atoms with van der Waals surface area (Å²) < 4.78 is 51.6. The fourth-order valence-corrected chi connectivity index (χ4v) is 2.39. The summed E-state index contributed by atoms with van der Waals surface area (Å²) >= 11 is 3.46. The summed E-state index contributed by atoms with van der Waals surface area (Å²) in [4.78, 5) is -0.0945. The summed E-state index contributed by atoms with van der Waals surface area (Å²) in [5.74, 6) is 1.37. The zero-order valence-electron chi connectivity index (χ0n) is 11.3. The Labute approximate surface area is 129 Å². The second-order valence-corrected chi connectivity index (χ2v) is 5.79. The second kappa shape index (κ2) is 7.35. The third-order valence-electron chi connectivity index (χ3n) is 2.91. The first-order chi connectivity index (χ1) is 9.96. The van der Waals surface area contributed by atoms with Gasteiger partial charge in [0.25, 0.3) is 0 Å². The molecular formula is C14H16BrF3O3. The van der Waals surface area contributed by atoms with E-state index in [0.717, 1.165) is 12.0 Å². The number of hydrogen-bond donors (Lipinski definition) is 0. The van der Waals surface area contributed by atoms with Gasteiger partial charge in [0, 0.05) is 17.9 Å². The van der Waals surface area contributed by atoms with Crippen LogP contribution >= 0.6 is 15.9 Å². The van der Waals surface area contributed by atoms with Gasteiger partial charge < -0.3 is 14.2 Å². The van der Waals surface area contributed by atoms with E-state index in [1.807, 2.05) is 18.2 Å². The van der Waals surface area contributed by atoms with Gasteiger partial charge >= 0.3 is 6.18 Å². The maximum atomic E-state index is 12.0. The van der Waals surface area contributed by atoms with Crippen LogP contribution in [0.1, 0.15) is 23.2 Å². The molecular weight excluding hydrogens is 353 g/mol. The number of ether oxygens (including phenoxy) is 3. The van der Waals surface area contributed by atoms with Gasteiger partial charge in [-0.25, -0.2) is 0 Å². The highest BCUT2D eigenvalue weighted by Crippen LogP contribution is 2.35. The molecule has 0 spiro atoms. The van der Waals surface area contributed by atoms with Crippen molar-refractivity contribution in [2.45, 2.75) is 23.8 Å². The predicted molar refractivity (Wildman–Crippen MR) is 75.2 cm³/mol. The Morgan fingerprint density at radius 2 is 1.90 bits per heavy atom. The molecule has 1 aromatic rings. The molecule has 7 heteroatoms. The van der Waals surface area contributed by atoms with Gasteiger partial charge in [0.15, 0.2) is 11.5 Å². The summed E-state index contributed by atoms with van der Waals surface area (Å²) in [7, 11) is 0. The first-order valence-corrected chi connectivity index (χ1v) is 7.55. The highest BCUT2D eigenvalue weighted by molar-refractivity contribution is 9.09. The molecule has 1 heterocycles. The Morgan fingerprint density at radius 1 is 1.19 bits per heavy atom. The lowest BCUT2D eigenvalue weighted by Gasteiger charge is -2.14. The van der Waals surface area contributed by atoms with Crippen molar-refractivity contribution in [3.63, 3.8) is 0 Å². The number of fused-ring (bicyclic) bond motifs is 1. The molecule has 0 saturated heterocycles. The van der Waals surface area contributed by atoms with Crippen molar-refractivity contribution in [1.29, 1.82) is 0 Å². The maximum Gasteiger partial charge on any atom is 0.411 e. The zero-order chi connectivity index (χ0) is 15.3. The third-order valence-corrected chi connectivity index (χ3v) is 3.90. The van der Waals surface area contributed by atoms with E-state index in [1.165, 1.54) is 0 Å². The van der Waals surface area contributed by atoms with Crippen molar-refractivity contribution in [2.75, 3.05) is 26.4 Å². The lowest BCUT2D eigenvalue weighted by atomic mass is 10.1. The van der Waals surface area contributed by atoms with Crippen molar-refractivity contribution in [3.8, 4) is 11.5 Å². The summed E-state index contributed by atoms with van der Waals surface area (Å²) in [6, 6.07) is 5.54. The molecule has 0 amide bonds. The maximum absolute atomic E-state index is 12.0. The fourth-order valence-electron chi connectivity index (χ4n) is 1.92. The van der Waals surface area contributed by atoms with Gasteiger partial charge in [-0.1, -0.05) is 22.0 Å². The normalized spacial score (nSPS) is 16.4. The highest BCUT2D eigenvalue weighted by Gasteiger charge is 2.27. The molecule has 0 saturated carbocycles. The number of alkyl halides is 4. The topological polar surface area (TPSA) is 27.7 Å². The lowest BCUT2D eigenvalue weighted by Crippen LogP contribution is -2.17. The van der Waals surface area contributed by atoms with Crippen LogP contribution < -0.4 is 9.47 Å². The van der Waals surface area contributed by atoms with E-state index in [-0.39, 0.29) is 11.4 Å². The number of benzene rings is 1. The van der Waals surface area contributed by atoms with Crippen molar-refractivity contribution in [2.24, 2.45) is 0 Å². The molecule has 118 valence electrons. The largest absolute Gasteiger partial charge is 0.490 e. The smallest absolute Gasteiger partial charge is 0.411 e. The first kappa shape index (κ1) is 16.4. The quantitative estimate of drug-likeness (QED) is 0.574. The molecule has 1 aliphatic rings. The van der Waals surface area contributed by atoms with Gasteiger partial charge in [-0.05, 0) is 24.1 Å². The lowest BCUT2D eigenvalue weighted by molar-refractivity contribution is -0.174. The molecule has 0 radical (unpaired) electrons. The average molecular weight is 369 g/mol. The monoisotopic (exact) mass is 368 g/mol. The Hall–Kier alpha value is -0.950. The second-order valence-electron chi connectivity index (χ2n) is 4.68. The summed E-state index contributed by atoms with van der Waals surface area (Å²) in [6.07, 6.45) is -3.01. The Bertz CT molecular complexity index is 465. The Kier molecular flexibility index (Phi) is 5.75. The van der Waals surface area contributed by atoms with Gasteiger partial charge in [0.1, 0.15) is 6.61 Å². The molecule has 0 fully saturated rings. The molecule has 1 atom stereocenters. The fraction of sp³-hybridized carbons (Fsp3) is 0.571. The standard InChI is InChI=1S/C14H16BrF3O3/c15-11(4-7-19-9-14(16,17)18)10-2-3-12-13(8-10)21-6-1-5-20-12/h2-3,8,11H,1,4-7,9H2. The molecule has 2 rings (SSSR count). The van der Waals surface area contributed by atoms with Gasteiger partial charge in [0.2, 0.25) is 0 Å². The third kappa shape index (κ3) is 5.39. The van der Waals surface area contributed by atoms with E-state index >= 15 is 0 Å². The van der Waals surface area contributed by atoms with Crippen molar-refractivity contribution >= 4 is 15.9 Å². The number of halogens is 4. The van der Waals surface area contributed by atoms with Crippen LogP contribution in [0.3, 0.4) is 0 Å². The van der Waals surface area contributed by atoms with Crippen LogP contribution in [0.15, 0.2) is 18.2 Å². The zero-order valence-corrected chi connectivity index (χ0v) is 12.9. The number of rotatable bonds is 5. The van der Waals surface area contributed by atoms with Crippen LogP contribution in [0.4, 0.5) is 13.2 Å². The molecule has 21 heavy (non-hydrogen) atoms. The SMILES string of the molecule is FC(F)(F)COCCC(Br)c1ccc2c(c1)OCCCO2. The molecule has 0 N–H and O–H groups in total. The van der Waals surface area contributed by atoms with Gasteiger partial charge in [-0.3, -0.25) is 0 Å². The Morgan fingerprint density at radius 3 is 2.62 bits per heavy atom. The summed E-state index contributed by atoms with van der Waals surface area (Å²) in [5, 5.41) is 0. The van der Waals surface area contributed by atoms with Gasteiger partial charge in [0.05, 0.1) is 13.2 Å². The van der Waals surface area contributed by atoms with Crippen LogP contribution in [0, 0.1) is 0 Å². The van der Waals surface area contributed by atoms with Crippen molar-refractivity contribution in [3.05, 3.63) is 23.8 Å². The van der Waals surface area contributed by atoms with Crippen molar-refractivity contribution < 1.29 is 27.4 Å². The number of hydrogen-bond acceptors (Lipinski definition) is 3. The minimum Gasteiger partial charge on any atom is -0.490 e. The van der Waals surface area contributed by atoms with Gasteiger partial charge in [-0.15, -0.1) is 0 Å². The van der Waals surface area contributed by atoms with Crippen LogP contribution in [0.25, 0.3) is 0 Å². The molecule has 0 aromatic heterocycles. The molecule has 1 aliphatic heterocycles. The molecule has 0 bridgehead atoms. The van der Waals surface area contributed by atoms with Crippen LogP contribution in [-0.2, 0) is 4.74 Å². The van der Waals surface area contributed by atoms with E-state index in [2.05, 4.69) is 20.7 Å². The van der Waals surface area contributed by atoms with Crippen LogP contribution in [0.5, 0.6) is 11.5 Å². The molecule has 1 aromatic carbocycles. The van der Waals surface area contributed by atoms with E-state index < -0.39 is 12.8 Å². The van der Waals surface area contributed by atoms with Gasteiger partial charge in [-0.2, -0.15) is 13.2 Å². The van der Waals surface area contributed by atoms with Crippen LogP contribution in [0.2, 0.25) is 0 Å².